The van der Waals surface area contributed by atoms with Crippen LogP contribution < -0.4 is 14.3 Å². The molecule has 14 heteroatoms. The summed E-state index contributed by atoms with van der Waals surface area (Å²) in [5.41, 5.74) is 0. The Labute approximate surface area is 175 Å². The van der Waals surface area contributed by atoms with Gasteiger partial charge in [-0.15, -0.1) is 0 Å². The Morgan fingerprint density at radius 2 is 1.21 bits per heavy atom. The maximum Gasteiger partial charge on any atom is 0.303 e. The van der Waals surface area contributed by atoms with Crippen molar-refractivity contribution in [2.75, 3.05) is 18.0 Å². The normalized spacial score (nSPS) is 10.3. The minimum Gasteiger partial charge on any atom is -0.481 e. The Morgan fingerprint density at radius 3 is 1.55 bits per heavy atom. The maximum absolute atomic E-state index is 11.7. The van der Waals surface area contributed by atoms with Crippen LogP contribution in [-0.4, -0.2) is 62.0 Å². The summed E-state index contributed by atoms with van der Waals surface area (Å²) in [5.74, 6) is -2.79. The molecule has 0 atom stereocenters. The van der Waals surface area contributed by atoms with Crippen molar-refractivity contribution >= 4 is 53.6 Å². The first-order valence-electron chi connectivity index (χ1n) is 8.61. The number of nitrogens with one attached hydrogen (secondary N) is 2. The van der Waals surface area contributed by atoms with E-state index in [2.05, 4.69) is 24.4 Å². The molecular formula is C15H22N6O6S2. The predicted octanol–water partition coefficient (Wildman–Crippen LogP) is 0.694. The second-order valence-electron chi connectivity index (χ2n) is 5.41. The summed E-state index contributed by atoms with van der Waals surface area (Å²) in [5, 5.41) is 17.5. The lowest BCUT2D eigenvalue weighted by Gasteiger charge is -2.19. The third kappa shape index (κ3) is 9.94. The zero-order chi connectivity index (χ0) is 21.8. The van der Waals surface area contributed by atoms with E-state index in [0.29, 0.717) is 19.0 Å². The van der Waals surface area contributed by atoms with E-state index in [-0.39, 0.29) is 36.0 Å². The van der Waals surface area contributed by atoms with E-state index in [1.807, 2.05) is 18.7 Å². The van der Waals surface area contributed by atoms with Gasteiger partial charge in [0.15, 0.2) is 0 Å². The van der Waals surface area contributed by atoms with Gasteiger partial charge in [0.1, 0.15) is 0 Å². The van der Waals surface area contributed by atoms with Crippen molar-refractivity contribution in [3.63, 3.8) is 0 Å². The zero-order valence-corrected chi connectivity index (χ0v) is 17.5. The molecule has 4 N–H and O–H groups in total. The number of carboxylic acids is 2. The molecule has 1 rings (SSSR count). The van der Waals surface area contributed by atoms with Crippen molar-refractivity contribution in [1.82, 2.24) is 24.4 Å². The molecule has 1 heterocycles. The molecule has 0 fully saturated rings. The smallest absolute Gasteiger partial charge is 0.303 e. The van der Waals surface area contributed by atoms with Crippen LogP contribution in [0.4, 0.5) is 5.95 Å². The summed E-state index contributed by atoms with van der Waals surface area (Å²) < 4.78 is 4.93. The SMILES string of the molecule is CCN(CC)c1nc(SNC(=O)CCC(=O)O)nc(SNC(=O)CCC(=O)O)n1. The van der Waals surface area contributed by atoms with Gasteiger partial charge in [-0.3, -0.25) is 28.6 Å². The molecule has 0 aliphatic heterocycles. The Bertz CT molecular complexity index is 694. The van der Waals surface area contributed by atoms with E-state index in [1.165, 1.54) is 0 Å². The van der Waals surface area contributed by atoms with Crippen molar-refractivity contribution in [3.8, 4) is 0 Å². The quantitative estimate of drug-likeness (QED) is 0.312. The van der Waals surface area contributed by atoms with Crippen LogP contribution in [0.15, 0.2) is 10.3 Å². The number of carboxylic acid groups (broad SMARTS) is 2. The lowest BCUT2D eigenvalue weighted by molar-refractivity contribution is -0.139. The third-order valence-electron chi connectivity index (χ3n) is 3.27. The zero-order valence-electron chi connectivity index (χ0n) is 15.9. The van der Waals surface area contributed by atoms with Crippen LogP contribution in [0.1, 0.15) is 39.5 Å². The van der Waals surface area contributed by atoms with Gasteiger partial charge in [0.05, 0.1) is 12.8 Å². The molecule has 0 bridgehead atoms. The van der Waals surface area contributed by atoms with E-state index in [9.17, 15) is 19.2 Å². The summed E-state index contributed by atoms with van der Waals surface area (Å²) in [6.45, 7) is 5.05. The van der Waals surface area contributed by atoms with Gasteiger partial charge >= 0.3 is 11.9 Å². The number of hydrogen-bond donors (Lipinski definition) is 4. The molecule has 1 aromatic rings. The molecule has 2 amide bonds. The monoisotopic (exact) mass is 446 g/mol. The topological polar surface area (TPSA) is 175 Å². The van der Waals surface area contributed by atoms with Crippen LogP contribution in [0.25, 0.3) is 0 Å². The average molecular weight is 447 g/mol. The number of carbonyl (C=O) groups excluding carboxylic acids is 2. The predicted molar refractivity (Wildman–Crippen MR) is 105 cm³/mol. The number of nitrogens with zero attached hydrogens (tertiary/aromatic N) is 4. The molecule has 160 valence electrons. The van der Waals surface area contributed by atoms with Crippen LogP contribution in [0.2, 0.25) is 0 Å². The van der Waals surface area contributed by atoms with Gasteiger partial charge in [0, 0.05) is 49.8 Å². The molecule has 0 unspecified atom stereocenters. The summed E-state index contributed by atoms with van der Waals surface area (Å²) in [7, 11) is 0. The van der Waals surface area contributed by atoms with Crippen molar-refractivity contribution < 1.29 is 29.4 Å². The molecule has 1 aromatic heterocycles. The first-order valence-corrected chi connectivity index (χ1v) is 10.2. The molecule has 0 aliphatic carbocycles. The molecular weight excluding hydrogens is 424 g/mol. The number of hydrogen-bond acceptors (Lipinski definition) is 10. The van der Waals surface area contributed by atoms with E-state index >= 15 is 0 Å². The number of aromatic nitrogens is 3. The highest BCUT2D eigenvalue weighted by molar-refractivity contribution is 7.98. The minimum atomic E-state index is -1.08. The van der Waals surface area contributed by atoms with Crippen molar-refractivity contribution in [3.05, 3.63) is 0 Å². The average Bonchev–Trinajstić information content (AvgIpc) is 2.68. The Kier molecular flexibility index (Phi) is 10.8. The highest BCUT2D eigenvalue weighted by atomic mass is 32.2. The van der Waals surface area contributed by atoms with Gasteiger partial charge in [-0.1, -0.05) is 0 Å². The van der Waals surface area contributed by atoms with Gasteiger partial charge in [0.2, 0.25) is 28.1 Å². The fourth-order valence-electron chi connectivity index (χ4n) is 1.82. The van der Waals surface area contributed by atoms with Gasteiger partial charge in [-0.05, 0) is 13.8 Å². The summed E-state index contributed by atoms with van der Waals surface area (Å²) >= 11 is 1.62. The number of carbonyl (C=O) groups is 4. The van der Waals surface area contributed by atoms with Gasteiger partial charge in [-0.2, -0.15) is 15.0 Å². The summed E-state index contributed by atoms with van der Waals surface area (Å²) in [6, 6.07) is 0. The van der Waals surface area contributed by atoms with Crippen molar-refractivity contribution in [2.45, 2.75) is 49.8 Å². The molecule has 29 heavy (non-hydrogen) atoms. The molecule has 0 spiro atoms. The summed E-state index contributed by atoms with van der Waals surface area (Å²) in [4.78, 5) is 58.9. The first kappa shape index (κ1) is 24.4. The van der Waals surface area contributed by atoms with Crippen LogP contribution in [0.5, 0.6) is 0 Å². The standard InChI is InChI=1S/C15H22N6O6S2/c1-3-21(4-2)13-16-14(28-19-9(22)5-7-11(24)25)18-15(17-13)29-20-10(23)6-8-12(26)27/h3-8H2,1-2H3,(H,19,22)(H,20,23)(H,24,25)(H,26,27). The minimum absolute atomic E-state index is 0.160. The molecule has 0 saturated carbocycles. The fourth-order valence-corrected chi connectivity index (χ4v) is 3.01. The Morgan fingerprint density at radius 1 is 0.793 bits per heavy atom. The Hall–Kier alpha value is -2.61. The second-order valence-corrected chi connectivity index (χ2v) is 6.96. The number of anilines is 1. The summed E-state index contributed by atoms with van der Waals surface area (Å²) in [6.07, 6.45) is -0.954. The second kappa shape index (κ2) is 12.8. The van der Waals surface area contributed by atoms with E-state index in [4.69, 9.17) is 10.2 Å². The van der Waals surface area contributed by atoms with Crippen LogP contribution in [-0.2, 0) is 19.2 Å². The molecule has 0 aliphatic rings. The van der Waals surface area contributed by atoms with Crippen molar-refractivity contribution in [2.24, 2.45) is 0 Å². The molecule has 12 nitrogen and oxygen atoms in total. The highest BCUT2D eigenvalue weighted by Crippen LogP contribution is 2.19. The molecule has 0 aromatic carbocycles. The fraction of sp³-hybridized carbons (Fsp3) is 0.533. The van der Waals surface area contributed by atoms with E-state index in [0.717, 1.165) is 23.9 Å². The maximum atomic E-state index is 11.7. The van der Waals surface area contributed by atoms with Crippen LogP contribution in [0.3, 0.4) is 0 Å². The van der Waals surface area contributed by atoms with Crippen LogP contribution in [0, 0.1) is 0 Å². The van der Waals surface area contributed by atoms with E-state index in [1.54, 1.807) is 0 Å². The number of rotatable bonds is 13. The number of aliphatic carboxylic acids is 2. The largest absolute Gasteiger partial charge is 0.481 e. The number of amides is 2. The van der Waals surface area contributed by atoms with Gasteiger partial charge < -0.3 is 15.1 Å². The lowest BCUT2D eigenvalue weighted by atomic mass is 10.3. The highest BCUT2D eigenvalue weighted by Gasteiger charge is 2.15. The van der Waals surface area contributed by atoms with Gasteiger partial charge in [0.25, 0.3) is 0 Å². The lowest BCUT2D eigenvalue weighted by Crippen LogP contribution is -2.25. The molecule has 0 radical (unpaired) electrons. The van der Waals surface area contributed by atoms with Crippen LogP contribution >= 0.6 is 23.9 Å². The third-order valence-corrected chi connectivity index (χ3v) is 4.66. The molecule has 0 saturated heterocycles. The van der Waals surface area contributed by atoms with Crippen molar-refractivity contribution in [1.29, 1.82) is 0 Å². The van der Waals surface area contributed by atoms with Gasteiger partial charge in [-0.25, -0.2) is 0 Å². The van der Waals surface area contributed by atoms with E-state index < -0.39 is 23.8 Å². The Balaban J connectivity index is 2.83. The first-order chi connectivity index (χ1) is 13.7.